The summed E-state index contributed by atoms with van der Waals surface area (Å²) in [5.74, 6) is 0.0113. The Kier molecular flexibility index (Phi) is 5.75. The maximum atomic E-state index is 14.3. The third-order valence-corrected chi connectivity index (χ3v) is 11.1. The van der Waals surface area contributed by atoms with Crippen molar-refractivity contribution < 1.29 is 19.2 Å². The second-order valence-electron chi connectivity index (χ2n) is 14.4. The molecule has 2 aromatic carbocycles. The average molecular weight is 597 g/mol. The van der Waals surface area contributed by atoms with Gasteiger partial charge < -0.3 is 31.1 Å². The molecule has 4 fully saturated rings. The lowest BCUT2D eigenvalue weighted by molar-refractivity contribution is -0.149. The highest BCUT2D eigenvalue weighted by molar-refractivity contribution is 6.01. The monoisotopic (exact) mass is 596 g/mol. The molecule has 10 heteroatoms. The highest BCUT2D eigenvalue weighted by atomic mass is 16.2. The lowest BCUT2D eigenvalue weighted by Gasteiger charge is -2.48. The summed E-state index contributed by atoms with van der Waals surface area (Å²) in [6.07, 6.45) is 0.817. The number of hydrogen-bond donors (Lipinski definition) is 4. The van der Waals surface area contributed by atoms with Gasteiger partial charge in [-0.1, -0.05) is 64.1 Å². The first-order chi connectivity index (χ1) is 21.1. The van der Waals surface area contributed by atoms with Crippen molar-refractivity contribution in [3.8, 4) is 0 Å². The molecule has 44 heavy (non-hydrogen) atoms. The van der Waals surface area contributed by atoms with E-state index in [1.165, 1.54) is 0 Å². The van der Waals surface area contributed by atoms with E-state index in [4.69, 9.17) is 0 Å². The molecule has 6 aliphatic heterocycles. The molecule has 2 aromatic rings. The molecule has 0 radical (unpaired) electrons. The third-order valence-electron chi connectivity index (χ3n) is 11.1. The van der Waals surface area contributed by atoms with Gasteiger partial charge in [-0.05, 0) is 60.8 Å². The standard InChI is InChI=1S/C34H40N6O4/c1-17(2)13-23-29(43)39-25(27(41)35-23)15-33(19-9-5-7-11-21(19)37-31(33)39)34-16-26-28(42)36-24(14-18(3)4)30(44)40(26)32(34)38-22-12-8-6-10-20(22)34/h5-12,17-18,23-26,31-32,37-38H,13-16H2,1-4H3,(H,35,41)(H,36,42)/t23-,24-,25+,26+,31-,32-,33+,34+/m1/s1. The summed E-state index contributed by atoms with van der Waals surface area (Å²) < 4.78 is 0. The molecule has 4 saturated heterocycles. The van der Waals surface area contributed by atoms with Crippen LogP contribution in [0.15, 0.2) is 48.5 Å². The van der Waals surface area contributed by atoms with Crippen molar-refractivity contribution in [3.63, 3.8) is 0 Å². The predicted molar refractivity (Wildman–Crippen MR) is 164 cm³/mol. The number of piperazine rings is 2. The smallest absolute Gasteiger partial charge is 0.247 e. The minimum absolute atomic E-state index is 0.0794. The number of fused-ring (bicyclic) bond motifs is 11. The molecule has 4 amide bonds. The van der Waals surface area contributed by atoms with Gasteiger partial charge in [-0.15, -0.1) is 0 Å². The molecule has 0 aliphatic carbocycles. The lowest BCUT2D eigenvalue weighted by atomic mass is 9.54. The van der Waals surface area contributed by atoms with E-state index in [-0.39, 0.29) is 35.5 Å². The van der Waals surface area contributed by atoms with Crippen LogP contribution in [0, 0.1) is 11.8 Å². The fourth-order valence-corrected chi connectivity index (χ4v) is 9.67. The van der Waals surface area contributed by atoms with Gasteiger partial charge >= 0.3 is 0 Å². The largest absolute Gasteiger partial charge is 0.364 e. The first-order valence-corrected chi connectivity index (χ1v) is 16.1. The molecular formula is C34H40N6O4. The van der Waals surface area contributed by atoms with Gasteiger partial charge in [-0.2, -0.15) is 0 Å². The fourth-order valence-electron chi connectivity index (χ4n) is 9.67. The summed E-state index contributed by atoms with van der Waals surface area (Å²) in [4.78, 5) is 60.0. The molecule has 6 aliphatic rings. The van der Waals surface area contributed by atoms with Crippen LogP contribution in [0.2, 0.25) is 0 Å². The molecular weight excluding hydrogens is 556 g/mol. The van der Waals surface area contributed by atoms with Gasteiger partial charge in [0.2, 0.25) is 23.6 Å². The number of amides is 4. The van der Waals surface area contributed by atoms with E-state index in [0.717, 1.165) is 22.5 Å². The quantitative estimate of drug-likeness (QED) is 0.421. The Morgan fingerprint density at radius 3 is 1.41 bits per heavy atom. The van der Waals surface area contributed by atoms with E-state index >= 15 is 0 Å². The van der Waals surface area contributed by atoms with Crippen molar-refractivity contribution in [2.45, 2.75) is 101 Å². The lowest BCUT2D eigenvalue weighted by Crippen LogP contribution is -2.66. The number of nitrogens with one attached hydrogen (secondary N) is 4. The van der Waals surface area contributed by atoms with Crippen LogP contribution in [-0.2, 0) is 30.0 Å². The highest BCUT2D eigenvalue weighted by Crippen LogP contribution is 2.68. The number of carbonyl (C=O) groups is 4. The average Bonchev–Trinajstić information content (AvgIpc) is 3.68. The van der Waals surface area contributed by atoms with Crippen LogP contribution in [0.3, 0.4) is 0 Å². The second kappa shape index (κ2) is 9.22. The number of para-hydroxylation sites is 2. The van der Waals surface area contributed by atoms with Gasteiger partial charge in [0.25, 0.3) is 0 Å². The fraction of sp³-hybridized carbons (Fsp3) is 0.529. The molecule has 230 valence electrons. The van der Waals surface area contributed by atoms with E-state index < -0.39 is 47.3 Å². The van der Waals surface area contributed by atoms with Crippen LogP contribution in [0.5, 0.6) is 0 Å². The number of rotatable bonds is 5. The van der Waals surface area contributed by atoms with Crippen molar-refractivity contribution in [2.24, 2.45) is 11.8 Å². The van der Waals surface area contributed by atoms with Crippen molar-refractivity contribution >= 4 is 35.0 Å². The zero-order valence-corrected chi connectivity index (χ0v) is 25.6. The van der Waals surface area contributed by atoms with Crippen molar-refractivity contribution in [3.05, 3.63) is 59.7 Å². The molecule has 0 unspecified atom stereocenters. The zero-order chi connectivity index (χ0) is 30.7. The van der Waals surface area contributed by atoms with Crippen LogP contribution in [0.4, 0.5) is 11.4 Å². The van der Waals surface area contributed by atoms with Crippen LogP contribution in [0.25, 0.3) is 0 Å². The molecule has 0 saturated carbocycles. The van der Waals surface area contributed by atoms with Crippen LogP contribution >= 0.6 is 0 Å². The molecule has 4 N–H and O–H groups in total. The Morgan fingerprint density at radius 1 is 0.636 bits per heavy atom. The van der Waals surface area contributed by atoms with E-state index in [1.807, 2.05) is 36.4 Å². The highest BCUT2D eigenvalue weighted by Gasteiger charge is 2.78. The first kappa shape index (κ1) is 27.5. The minimum atomic E-state index is -0.802. The molecule has 10 nitrogen and oxygen atoms in total. The van der Waals surface area contributed by atoms with E-state index in [1.54, 1.807) is 9.80 Å². The van der Waals surface area contributed by atoms with Gasteiger partial charge in [0.05, 0.1) is 10.8 Å². The molecule has 8 rings (SSSR count). The van der Waals surface area contributed by atoms with Gasteiger partial charge in [-0.25, -0.2) is 0 Å². The first-order valence-electron chi connectivity index (χ1n) is 16.1. The van der Waals surface area contributed by atoms with E-state index in [9.17, 15) is 19.2 Å². The Balaban J connectivity index is 1.35. The predicted octanol–water partition coefficient (Wildman–Crippen LogP) is 2.66. The molecule has 0 spiro atoms. The number of hydrogen-bond acceptors (Lipinski definition) is 6. The summed E-state index contributed by atoms with van der Waals surface area (Å²) in [5, 5.41) is 13.5. The van der Waals surface area contributed by atoms with Gasteiger partial charge in [0.1, 0.15) is 36.5 Å². The number of benzene rings is 2. The van der Waals surface area contributed by atoms with Gasteiger partial charge in [-0.3, -0.25) is 19.2 Å². The Morgan fingerprint density at radius 2 is 1.02 bits per heavy atom. The number of carbonyl (C=O) groups excluding carboxylic acids is 4. The Bertz CT molecular complexity index is 1490. The van der Waals surface area contributed by atoms with Crippen LogP contribution in [0.1, 0.15) is 64.5 Å². The van der Waals surface area contributed by atoms with Gasteiger partial charge in [0, 0.05) is 11.4 Å². The summed E-state index contributed by atoms with van der Waals surface area (Å²) in [6, 6.07) is 13.7. The Hall–Kier alpha value is -4.08. The molecule has 6 heterocycles. The van der Waals surface area contributed by atoms with Crippen molar-refractivity contribution in [1.29, 1.82) is 0 Å². The number of anilines is 2. The topological polar surface area (TPSA) is 123 Å². The van der Waals surface area contributed by atoms with E-state index in [0.29, 0.717) is 25.7 Å². The zero-order valence-electron chi connectivity index (χ0n) is 25.6. The van der Waals surface area contributed by atoms with E-state index in [2.05, 4.69) is 61.1 Å². The summed E-state index contributed by atoms with van der Waals surface area (Å²) in [5.41, 5.74) is 2.29. The maximum absolute atomic E-state index is 14.3. The maximum Gasteiger partial charge on any atom is 0.247 e. The van der Waals surface area contributed by atoms with Crippen molar-refractivity contribution in [2.75, 3.05) is 10.6 Å². The summed E-state index contributed by atoms with van der Waals surface area (Å²) >= 11 is 0. The molecule has 0 aromatic heterocycles. The van der Waals surface area contributed by atoms with Crippen LogP contribution in [-0.4, -0.2) is 69.9 Å². The summed E-state index contributed by atoms with van der Waals surface area (Å²) in [6.45, 7) is 8.21. The molecule has 8 atom stereocenters. The van der Waals surface area contributed by atoms with Gasteiger partial charge in [0.15, 0.2) is 0 Å². The van der Waals surface area contributed by atoms with Crippen molar-refractivity contribution in [1.82, 2.24) is 20.4 Å². The number of nitrogens with zero attached hydrogens (tertiary/aromatic N) is 2. The molecule has 0 bridgehead atoms. The summed E-state index contributed by atoms with van der Waals surface area (Å²) in [7, 11) is 0. The third kappa shape index (κ3) is 3.31. The normalized spacial score (nSPS) is 36.2. The SMILES string of the molecule is CC(C)C[C@H]1NC(=O)[C@@H]2C[C@]3([C@]45C[C@H]6C(=O)N[C@H](CC(C)C)C(=O)N6[C@H]4Nc4ccccc45)c4ccccc4N[C@@H]3N2C1=O. The minimum Gasteiger partial charge on any atom is -0.364 e. The second-order valence-corrected chi connectivity index (χ2v) is 14.4. The van der Waals surface area contributed by atoms with Crippen LogP contribution < -0.4 is 21.3 Å². The Labute approximate surface area is 257 Å².